The van der Waals surface area contributed by atoms with Crippen molar-refractivity contribution in [1.82, 2.24) is 10.2 Å². The van der Waals surface area contributed by atoms with Crippen molar-refractivity contribution < 1.29 is 9.84 Å². The minimum absolute atomic E-state index is 0.144. The van der Waals surface area contributed by atoms with Crippen molar-refractivity contribution in [2.45, 2.75) is 44.7 Å². The van der Waals surface area contributed by atoms with Crippen LogP contribution in [0.15, 0.2) is 0 Å². The van der Waals surface area contributed by atoms with E-state index < -0.39 is 0 Å². The third-order valence-corrected chi connectivity index (χ3v) is 3.55. The van der Waals surface area contributed by atoms with Gasteiger partial charge in [0.1, 0.15) is 0 Å². The summed E-state index contributed by atoms with van der Waals surface area (Å²) in [5.41, 5.74) is -0.144. The predicted octanol–water partition coefficient (Wildman–Crippen LogP) is 0.848. The Balaban J connectivity index is 2.33. The molecule has 0 aromatic rings. The molecule has 0 spiro atoms. The number of likely N-dealkylation sites (N-methyl/N-ethyl adjacent to an activating group) is 1. The van der Waals surface area contributed by atoms with Crippen LogP contribution in [0.3, 0.4) is 0 Å². The molecular formula is C13H28N2O2. The van der Waals surface area contributed by atoms with E-state index >= 15 is 0 Å². The molecule has 0 heterocycles. The normalized spacial score (nSPS) is 19.6. The van der Waals surface area contributed by atoms with Crippen LogP contribution >= 0.6 is 0 Å². The van der Waals surface area contributed by atoms with E-state index in [4.69, 9.17) is 4.74 Å². The number of ether oxygens (including phenoxy) is 1. The third-order valence-electron chi connectivity index (χ3n) is 3.55. The molecule has 1 aliphatic rings. The molecule has 1 unspecified atom stereocenters. The zero-order valence-electron chi connectivity index (χ0n) is 11.5. The Kier molecular flexibility index (Phi) is 6.41. The Morgan fingerprint density at radius 3 is 2.59 bits per heavy atom. The summed E-state index contributed by atoms with van der Waals surface area (Å²) in [5, 5.41) is 12.8. The standard InChI is InChI=1S/C13H28N2O2/c1-4-14-13(2,11-16)7-8-15(9-10-17-3)12-5-6-12/h12,14,16H,4-11H2,1-3H3. The van der Waals surface area contributed by atoms with Crippen molar-refractivity contribution in [2.75, 3.05) is 40.0 Å². The van der Waals surface area contributed by atoms with Crippen molar-refractivity contribution >= 4 is 0 Å². The molecule has 1 aliphatic carbocycles. The molecule has 0 aromatic carbocycles. The van der Waals surface area contributed by atoms with Gasteiger partial charge in [0.2, 0.25) is 0 Å². The first-order chi connectivity index (χ1) is 8.15. The molecule has 0 aromatic heterocycles. The monoisotopic (exact) mass is 244 g/mol. The molecule has 2 N–H and O–H groups in total. The van der Waals surface area contributed by atoms with Crippen LogP contribution in [0, 0.1) is 0 Å². The number of aliphatic hydroxyl groups is 1. The Morgan fingerprint density at radius 2 is 2.12 bits per heavy atom. The third kappa shape index (κ3) is 5.34. The van der Waals surface area contributed by atoms with Gasteiger partial charge in [-0.15, -0.1) is 0 Å². The number of nitrogens with one attached hydrogen (secondary N) is 1. The molecule has 0 aliphatic heterocycles. The van der Waals surface area contributed by atoms with Crippen molar-refractivity contribution in [3.63, 3.8) is 0 Å². The number of aliphatic hydroxyl groups excluding tert-OH is 1. The largest absolute Gasteiger partial charge is 0.394 e. The fraction of sp³-hybridized carbons (Fsp3) is 1.00. The van der Waals surface area contributed by atoms with Crippen LogP contribution in [0.25, 0.3) is 0 Å². The average molecular weight is 244 g/mol. The smallest absolute Gasteiger partial charge is 0.0611 e. The second-order valence-corrected chi connectivity index (χ2v) is 5.26. The van der Waals surface area contributed by atoms with Crippen LogP contribution in [0.5, 0.6) is 0 Å². The average Bonchev–Trinajstić information content (AvgIpc) is 3.14. The van der Waals surface area contributed by atoms with E-state index in [1.807, 2.05) is 0 Å². The molecule has 102 valence electrons. The van der Waals surface area contributed by atoms with Crippen molar-refractivity contribution in [2.24, 2.45) is 0 Å². The van der Waals surface area contributed by atoms with Crippen LogP contribution in [0.1, 0.15) is 33.1 Å². The second-order valence-electron chi connectivity index (χ2n) is 5.26. The van der Waals surface area contributed by atoms with Crippen LogP contribution in [0.2, 0.25) is 0 Å². The number of rotatable bonds is 10. The predicted molar refractivity (Wildman–Crippen MR) is 70.3 cm³/mol. The maximum atomic E-state index is 9.45. The van der Waals surface area contributed by atoms with Crippen LogP contribution in [0.4, 0.5) is 0 Å². The highest BCUT2D eigenvalue weighted by atomic mass is 16.5. The topological polar surface area (TPSA) is 44.7 Å². The van der Waals surface area contributed by atoms with Gasteiger partial charge in [-0.05, 0) is 32.7 Å². The second kappa shape index (κ2) is 7.31. The molecule has 0 saturated heterocycles. The van der Waals surface area contributed by atoms with Crippen LogP contribution < -0.4 is 5.32 Å². The Hall–Kier alpha value is -0.160. The van der Waals surface area contributed by atoms with E-state index in [1.54, 1.807) is 7.11 Å². The van der Waals surface area contributed by atoms with Gasteiger partial charge < -0.3 is 15.2 Å². The Bertz CT molecular complexity index is 210. The van der Waals surface area contributed by atoms with E-state index in [-0.39, 0.29) is 12.1 Å². The lowest BCUT2D eigenvalue weighted by Crippen LogP contribution is -2.48. The minimum atomic E-state index is -0.144. The van der Waals surface area contributed by atoms with Gasteiger partial charge in [-0.2, -0.15) is 0 Å². The van der Waals surface area contributed by atoms with Gasteiger partial charge in [-0.1, -0.05) is 6.92 Å². The zero-order valence-corrected chi connectivity index (χ0v) is 11.5. The highest BCUT2D eigenvalue weighted by Crippen LogP contribution is 2.27. The number of nitrogens with zero attached hydrogens (tertiary/aromatic N) is 1. The van der Waals surface area contributed by atoms with E-state index in [0.29, 0.717) is 0 Å². The number of hydrogen-bond donors (Lipinski definition) is 2. The Morgan fingerprint density at radius 1 is 1.41 bits per heavy atom. The Labute approximate surface area is 105 Å². The zero-order chi connectivity index (χ0) is 12.7. The minimum Gasteiger partial charge on any atom is -0.394 e. The molecule has 1 atom stereocenters. The molecule has 4 nitrogen and oxygen atoms in total. The van der Waals surface area contributed by atoms with E-state index in [9.17, 15) is 5.11 Å². The van der Waals surface area contributed by atoms with Gasteiger partial charge >= 0.3 is 0 Å². The van der Waals surface area contributed by atoms with Crippen molar-refractivity contribution in [3.8, 4) is 0 Å². The lowest BCUT2D eigenvalue weighted by molar-refractivity contribution is 0.118. The fourth-order valence-electron chi connectivity index (χ4n) is 2.17. The fourth-order valence-corrected chi connectivity index (χ4v) is 2.17. The molecule has 0 amide bonds. The molecule has 1 saturated carbocycles. The molecule has 4 heteroatoms. The summed E-state index contributed by atoms with van der Waals surface area (Å²) < 4.78 is 5.15. The SMILES string of the molecule is CCNC(C)(CO)CCN(CCOC)C1CC1. The number of hydrogen-bond acceptors (Lipinski definition) is 4. The van der Waals surface area contributed by atoms with Crippen LogP contribution in [-0.2, 0) is 4.74 Å². The van der Waals surface area contributed by atoms with Gasteiger partial charge in [0.25, 0.3) is 0 Å². The van der Waals surface area contributed by atoms with Gasteiger partial charge in [-0.3, -0.25) is 4.90 Å². The summed E-state index contributed by atoms with van der Waals surface area (Å²) in [5.74, 6) is 0. The maximum absolute atomic E-state index is 9.45. The highest BCUT2D eigenvalue weighted by Gasteiger charge is 2.30. The summed E-state index contributed by atoms with van der Waals surface area (Å²) in [6.45, 7) is 8.12. The van der Waals surface area contributed by atoms with Gasteiger partial charge in [0.15, 0.2) is 0 Å². The lowest BCUT2D eigenvalue weighted by Gasteiger charge is -2.31. The molecule has 1 rings (SSSR count). The molecule has 1 fully saturated rings. The summed E-state index contributed by atoms with van der Waals surface area (Å²) in [7, 11) is 1.75. The molecular weight excluding hydrogens is 216 g/mol. The maximum Gasteiger partial charge on any atom is 0.0611 e. The molecule has 0 radical (unpaired) electrons. The highest BCUT2D eigenvalue weighted by molar-refractivity contribution is 4.88. The quantitative estimate of drug-likeness (QED) is 0.598. The van der Waals surface area contributed by atoms with Crippen LogP contribution in [-0.4, -0.2) is 61.5 Å². The first kappa shape index (κ1) is 14.9. The molecule has 0 bridgehead atoms. The van der Waals surface area contributed by atoms with Gasteiger partial charge in [0.05, 0.1) is 13.2 Å². The lowest BCUT2D eigenvalue weighted by atomic mass is 9.98. The van der Waals surface area contributed by atoms with Gasteiger partial charge in [0, 0.05) is 31.8 Å². The van der Waals surface area contributed by atoms with E-state index in [0.717, 1.165) is 38.7 Å². The first-order valence-electron chi connectivity index (χ1n) is 6.74. The first-order valence-corrected chi connectivity index (χ1v) is 6.74. The molecule has 17 heavy (non-hydrogen) atoms. The summed E-state index contributed by atoms with van der Waals surface area (Å²) >= 11 is 0. The summed E-state index contributed by atoms with van der Waals surface area (Å²) in [4.78, 5) is 2.49. The summed E-state index contributed by atoms with van der Waals surface area (Å²) in [6.07, 6.45) is 3.62. The van der Waals surface area contributed by atoms with Crippen molar-refractivity contribution in [1.29, 1.82) is 0 Å². The van der Waals surface area contributed by atoms with E-state index in [1.165, 1.54) is 12.8 Å². The van der Waals surface area contributed by atoms with E-state index in [2.05, 4.69) is 24.1 Å². The number of methoxy groups -OCH3 is 1. The van der Waals surface area contributed by atoms with Gasteiger partial charge in [-0.25, -0.2) is 0 Å². The van der Waals surface area contributed by atoms with Crippen molar-refractivity contribution in [3.05, 3.63) is 0 Å². The summed E-state index contributed by atoms with van der Waals surface area (Å²) in [6, 6.07) is 0.759.